The summed E-state index contributed by atoms with van der Waals surface area (Å²) in [6.45, 7) is 8.33. The van der Waals surface area contributed by atoms with Crippen LogP contribution in [-0.4, -0.2) is 62.2 Å². The lowest BCUT2D eigenvalue weighted by Crippen LogP contribution is -2.44. The van der Waals surface area contributed by atoms with Gasteiger partial charge in [-0.2, -0.15) is 0 Å². The number of benzene rings is 1. The van der Waals surface area contributed by atoms with Crippen LogP contribution in [0.25, 0.3) is 0 Å². The number of halogens is 2. The molecule has 1 saturated carbocycles. The molecule has 2 fully saturated rings. The minimum absolute atomic E-state index is 0. The molecule has 1 saturated heterocycles. The SMILES string of the molecule is CCNC(=NCc1ccnc(N2CCN(C)CC2)c1)NCC1(c2cccc(F)c2)CC1.I. The molecule has 1 aromatic carbocycles. The Labute approximate surface area is 207 Å². The molecule has 6 nitrogen and oxygen atoms in total. The van der Waals surface area contributed by atoms with Crippen LogP contribution in [0, 0.1) is 5.82 Å². The van der Waals surface area contributed by atoms with Crippen molar-refractivity contribution in [3.05, 3.63) is 59.5 Å². The molecule has 2 aromatic rings. The van der Waals surface area contributed by atoms with Crippen molar-refractivity contribution in [3.63, 3.8) is 0 Å². The lowest BCUT2D eigenvalue weighted by atomic mass is 9.96. The summed E-state index contributed by atoms with van der Waals surface area (Å²) in [7, 11) is 2.16. The van der Waals surface area contributed by atoms with Crippen molar-refractivity contribution >= 4 is 35.8 Å². The predicted molar refractivity (Wildman–Crippen MR) is 139 cm³/mol. The van der Waals surface area contributed by atoms with Crippen LogP contribution in [0.4, 0.5) is 10.2 Å². The molecule has 0 radical (unpaired) electrons. The number of guanidine groups is 1. The number of nitrogens with one attached hydrogen (secondary N) is 2. The van der Waals surface area contributed by atoms with Gasteiger partial charge in [0.15, 0.2) is 5.96 Å². The molecule has 0 bridgehead atoms. The fraction of sp³-hybridized carbons (Fsp3) is 0.500. The fourth-order valence-corrected chi connectivity index (χ4v) is 4.07. The molecule has 2 aliphatic rings. The molecule has 0 spiro atoms. The lowest BCUT2D eigenvalue weighted by Gasteiger charge is -2.33. The number of aliphatic imine (C=N–C) groups is 1. The first-order valence-electron chi connectivity index (χ1n) is 11.2. The Morgan fingerprint density at radius 2 is 1.91 bits per heavy atom. The van der Waals surface area contributed by atoms with E-state index in [1.54, 1.807) is 12.1 Å². The molecule has 32 heavy (non-hydrogen) atoms. The minimum Gasteiger partial charge on any atom is -0.357 e. The van der Waals surface area contributed by atoms with Gasteiger partial charge in [-0.15, -0.1) is 24.0 Å². The second kappa shape index (κ2) is 11.3. The summed E-state index contributed by atoms with van der Waals surface area (Å²) in [6, 6.07) is 11.2. The third kappa shape index (κ3) is 6.31. The molecule has 2 N–H and O–H groups in total. The average Bonchev–Trinajstić information content (AvgIpc) is 3.58. The highest BCUT2D eigenvalue weighted by Crippen LogP contribution is 2.47. The van der Waals surface area contributed by atoms with Gasteiger partial charge in [-0.3, -0.25) is 0 Å². The van der Waals surface area contributed by atoms with Gasteiger partial charge in [0.05, 0.1) is 6.54 Å². The lowest BCUT2D eigenvalue weighted by molar-refractivity contribution is 0.312. The summed E-state index contributed by atoms with van der Waals surface area (Å²) < 4.78 is 13.7. The predicted octanol–water partition coefficient (Wildman–Crippen LogP) is 3.38. The molecule has 4 rings (SSSR count). The first-order chi connectivity index (χ1) is 15.1. The number of aromatic nitrogens is 1. The van der Waals surface area contributed by atoms with Gasteiger partial charge in [0.1, 0.15) is 11.6 Å². The van der Waals surface area contributed by atoms with Gasteiger partial charge in [-0.05, 0) is 62.2 Å². The first-order valence-corrected chi connectivity index (χ1v) is 11.2. The van der Waals surface area contributed by atoms with E-state index < -0.39 is 0 Å². The summed E-state index contributed by atoms with van der Waals surface area (Å²) >= 11 is 0. The maximum atomic E-state index is 13.7. The second-order valence-electron chi connectivity index (χ2n) is 8.65. The van der Waals surface area contributed by atoms with E-state index in [0.717, 1.165) is 75.0 Å². The minimum atomic E-state index is -0.168. The number of likely N-dealkylation sites (N-methyl/N-ethyl adjacent to an activating group) is 1. The Hall–Kier alpha value is -1.94. The maximum Gasteiger partial charge on any atom is 0.191 e. The molecule has 1 aliphatic heterocycles. The monoisotopic (exact) mass is 552 g/mol. The molecule has 1 aliphatic carbocycles. The maximum absolute atomic E-state index is 13.7. The topological polar surface area (TPSA) is 55.8 Å². The van der Waals surface area contributed by atoms with E-state index in [4.69, 9.17) is 4.99 Å². The van der Waals surface area contributed by atoms with Crippen LogP contribution in [-0.2, 0) is 12.0 Å². The second-order valence-corrected chi connectivity index (χ2v) is 8.65. The van der Waals surface area contributed by atoms with E-state index in [-0.39, 0.29) is 35.2 Å². The van der Waals surface area contributed by atoms with Crippen molar-refractivity contribution in [2.24, 2.45) is 4.99 Å². The van der Waals surface area contributed by atoms with Crippen molar-refractivity contribution in [2.45, 2.75) is 31.7 Å². The number of hydrogen-bond donors (Lipinski definition) is 2. The van der Waals surface area contributed by atoms with Crippen molar-refractivity contribution in [2.75, 3.05) is 51.2 Å². The molecule has 2 heterocycles. The smallest absolute Gasteiger partial charge is 0.191 e. The Balaban J connectivity index is 0.00000289. The molecular weight excluding hydrogens is 518 g/mol. The zero-order valence-electron chi connectivity index (χ0n) is 19.0. The van der Waals surface area contributed by atoms with Gasteiger partial charge in [0, 0.05) is 50.9 Å². The van der Waals surface area contributed by atoms with Crippen LogP contribution in [0.5, 0.6) is 0 Å². The van der Waals surface area contributed by atoms with Crippen molar-refractivity contribution in [1.29, 1.82) is 0 Å². The fourth-order valence-electron chi connectivity index (χ4n) is 4.07. The van der Waals surface area contributed by atoms with Gasteiger partial charge >= 0.3 is 0 Å². The van der Waals surface area contributed by atoms with Gasteiger partial charge < -0.3 is 20.4 Å². The summed E-state index contributed by atoms with van der Waals surface area (Å²) in [5, 5.41) is 6.81. The van der Waals surface area contributed by atoms with Crippen LogP contribution in [0.1, 0.15) is 30.9 Å². The van der Waals surface area contributed by atoms with E-state index in [1.165, 1.54) is 6.07 Å². The zero-order chi connectivity index (χ0) is 21.7. The number of piperazine rings is 1. The third-order valence-corrected chi connectivity index (χ3v) is 6.29. The Morgan fingerprint density at radius 1 is 1.12 bits per heavy atom. The highest BCUT2D eigenvalue weighted by molar-refractivity contribution is 14.0. The molecule has 174 valence electrons. The van der Waals surface area contributed by atoms with Crippen LogP contribution in [0.15, 0.2) is 47.6 Å². The summed E-state index contributed by atoms with van der Waals surface area (Å²) in [4.78, 5) is 14.0. The van der Waals surface area contributed by atoms with E-state index in [1.807, 2.05) is 18.3 Å². The molecule has 0 unspecified atom stereocenters. The number of nitrogens with zero attached hydrogens (tertiary/aromatic N) is 4. The Bertz CT molecular complexity index is 909. The summed E-state index contributed by atoms with van der Waals surface area (Å²) in [6.07, 6.45) is 4.02. The average molecular weight is 552 g/mol. The van der Waals surface area contributed by atoms with Gasteiger partial charge in [-0.25, -0.2) is 14.4 Å². The summed E-state index contributed by atoms with van der Waals surface area (Å²) in [5.41, 5.74) is 2.23. The highest BCUT2D eigenvalue weighted by Gasteiger charge is 2.44. The van der Waals surface area contributed by atoms with E-state index in [0.29, 0.717) is 6.54 Å². The number of rotatable bonds is 7. The first kappa shape index (κ1) is 24.7. The van der Waals surface area contributed by atoms with Gasteiger partial charge in [0.2, 0.25) is 0 Å². The third-order valence-electron chi connectivity index (χ3n) is 6.29. The highest BCUT2D eigenvalue weighted by atomic mass is 127. The number of hydrogen-bond acceptors (Lipinski definition) is 4. The summed E-state index contributed by atoms with van der Waals surface area (Å²) in [5.74, 6) is 1.66. The van der Waals surface area contributed by atoms with Crippen molar-refractivity contribution in [3.8, 4) is 0 Å². The standard InChI is InChI=1S/C24H33FN6.HI/c1-3-26-23(29-18-24(8-9-24)20-5-4-6-21(25)16-20)28-17-19-7-10-27-22(15-19)31-13-11-30(2)12-14-31;/h4-7,10,15-16H,3,8-9,11-14,17-18H2,1-2H3,(H2,26,28,29);1H. The van der Waals surface area contributed by atoms with Gasteiger partial charge in [-0.1, -0.05) is 12.1 Å². The van der Waals surface area contributed by atoms with Gasteiger partial charge in [0.25, 0.3) is 0 Å². The van der Waals surface area contributed by atoms with Crippen LogP contribution in [0.3, 0.4) is 0 Å². The largest absolute Gasteiger partial charge is 0.357 e. The van der Waals surface area contributed by atoms with Crippen LogP contribution in [0.2, 0.25) is 0 Å². The quantitative estimate of drug-likeness (QED) is 0.314. The Kier molecular flexibility index (Phi) is 8.70. The molecule has 1 aromatic heterocycles. The van der Waals surface area contributed by atoms with Crippen LogP contribution < -0.4 is 15.5 Å². The number of anilines is 1. The van der Waals surface area contributed by atoms with Crippen LogP contribution >= 0.6 is 24.0 Å². The number of pyridine rings is 1. The normalized spacial score (nSPS) is 18.1. The van der Waals surface area contributed by atoms with E-state index in [2.05, 4.69) is 45.5 Å². The molecule has 8 heteroatoms. The zero-order valence-corrected chi connectivity index (χ0v) is 21.3. The molecular formula is C24H34FIN6. The van der Waals surface area contributed by atoms with E-state index in [9.17, 15) is 4.39 Å². The van der Waals surface area contributed by atoms with Crippen molar-refractivity contribution in [1.82, 2.24) is 20.5 Å². The molecule has 0 amide bonds. The Morgan fingerprint density at radius 3 is 2.59 bits per heavy atom. The van der Waals surface area contributed by atoms with E-state index >= 15 is 0 Å². The van der Waals surface area contributed by atoms with Crippen molar-refractivity contribution < 1.29 is 4.39 Å². The molecule has 0 atom stereocenters.